The van der Waals surface area contributed by atoms with Crippen molar-refractivity contribution in [1.82, 2.24) is 24.4 Å². The molecule has 5 rings (SSSR count). The molecule has 0 radical (unpaired) electrons. The molecule has 0 atom stereocenters. The molecule has 7 heteroatoms. The molecule has 1 aliphatic rings. The average molecular weight is 426 g/mol. The molecule has 0 spiro atoms. The van der Waals surface area contributed by atoms with Gasteiger partial charge in [-0.3, -0.25) is 0 Å². The van der Waals surface area contributed by atoms with Crippen LogP contribution in [-0.2, 0) is 7.05 Å². The summed E-state index contributed by atoms with van der Waals surface area (Å²) in [6, 6.07) is 12.5. The molecular weight excluding hydrogens is 398 g/mol. The number of piperazine rings is 1. The SMILES string of the molecule is C=C(Nc1cc2cc(-c3cncn3C)ccc2cn1)c1ccnc(N2CCN(C)CC2)c1. The molecule has 1 aromatic carbocycles. The van der Waals surface area contributed by atoms with Crippen molar-refractivity contribution in [2.24, 2.45) is 7.05 Å². The number of rotatable bonds is 5. The Labute approximate surface area is 188 Å². The molecule has 0 bridgehead atoms. The number of hydrogen-bond acceptors (Lipinski definition) is 6. The Bertz CT molecular complexity index is 1270. The maximum Gasteiger partial charge on any atom is 0.130 e. The molecule has 162 valence electrons. The molecule has 1 saturated heterocycles. The fourth-order valence-corrected chi connectivity index (χ4v) is 4.05. The second-order valence-corrected chi connectivity index (χ2v) is 8.32. The number of benzene rings is 1. The lowest BCUT2D eigenvalue weighted by Gasteiger charge is -2.33. The van der Waals surface area contributed by atoms with Crippen LogP contribution in [0, 0.1) is 0 Å². The predicted molar refractivity (Wildman–Crippen MR) is 131 cm³/mol. The van der Waals surface area contributed by atoms with Gasteiger partial charge in [0, 0.05) is 67.8 Å². The lowest BCUT2D eigenvalue weighted by molar-refractivity contribution is 0.312. The van der Waals surface area contributed by atoms with Crippen LogP contribution >= 0.6 is 0 Å². The normalized spacial score (nSPS) is 14.6. The van der Waals surface area contributed by atoms with Crippen molar-refractivity contribution in [3.8, 4) is 11.3 Å². The highest BCUT2D eigenvalue weighted by atomic mass is 15.3. The highest BCUT2D eigenvalue weighted by Gasteiger charge is 2.16. The first-order chi connectivity index (χ1) is 15.6. The summed E-state index contributed by atoms with van der Waals surface area (Å²) in [5.41, 5.74) is 4.02. The largest absolute Gasteiger partial charge is 0.354 e. The van der Waals surface area contributed by atoms with Gasteiger partial charge in [0.05, 0.1) is 18.2 Å². The third kappa shape index (κ3) is 4.07. The summed E-state index contributed by atoms with van der Waals surface area (Å²) in [7, 11) is 4.16. The highest BCUT2D eigenvalue weighted by molar-refractivity contribution is 5.89. The summed E-state index contributed by atoms with van der Waals surface area (Å²) in [6.07, 6.45) is 7.43. The summed E-state index contributed by atoms with van der Waals surface area (Å²) in [5.74, 6) is 1.76. The number of nitrogens with one attached hydrogen (secondary N) is 1. The molecule has 32 heavy (non-hydrogen) atoms. The maximum atomic E-state index is 4.58. The minimum absolute atomic E-state index is 0.766. The van der Waals surface area contributed by atoms with Crippen molar-refractivity contribution < 1.29 is 0 Å². The number of likely N-dealkylation sites (N-methyl/N-ethyl adjacent to an activating group) is 1. The smallest absolute Gasteiger partial charge is 0.130 e. The zero-order valence-corrected chi connectivity index (χ0v) is 18.5. The van der Waals surface area contributed by atoms with E-state index in [1.165, 1.54) is 0 Å². The van der Waals surface area contributed by atoms with Crippen LogP contribution in [0.3, 0.4) is 0 Å². The van der Waals surface area contributed by atoms with Gasteiger partial charge in [-0.15, -0.1) is 0 Å². The van der Waals surface area contributed by atoms with Crippen LogP contribution in [0.5, 0.6) is 0 Å². The molecular formula is C25H27N7. The van der Waals surface area contributed by atoms with E-state index in [9.17, 15) is 0 Å². The maximum absolute atomic E-state index is 4.58. The molecule has 0 aliphatic carbocycles. The predicted octanol–water partition coefficient (Wildman–Crippen LogP) is 3.86. The highest BCUT2D eigenvalue weighted by Crippen LogP contribution is 2.26. The molecule has 3 aromatic heterocycles. The quantitative estimate of drug-likeness (QED) is 0.524. The molecule has 1 fully saturated rings. The Morgan fingerprint density at radius 1 is 0.938 bits per heavy atom. The van der Waals surface area contributed by atoms with Crippen molar-refractivity contribution in [3.63, 3.8) is 0 Å². The van der Waals surface area contributed by atoms with Crippen LogP contribution in [0.4, 0.5) is 11.6 Å². The van der Waals surface area contributed by atoms with Gasteiger partial charge in [-0.1, -0.05) is 18.7 Å². The summed E-state index contributed by atoms with van der Waals surface area (Å²) in [6.45, 7) is 8.32. The van der Waals surface area contributed by atoms with E-state index < -0.39 is 0 Å². The first kappa shape index (κ1) is 20.2. The number of aromatic nitrogens is 4. The molecule has 0 saturated carbocycles. The van der Waals surface area contributed by atoms with E-state index in [-0.39, 0.29) is 0 Å². The van der Waals surface area contributed by atoms with E-state index in [1.807, 2.05) is 42.6 Å². The van der Waals surface area contributed by atoms with Gasteiger partial charge in [-0.2, -0.15) is 0 Å². The minimum atomic E-state index is 0.766. The Kier molecular flexibility index (Phi) is 5.33. The van der Waals surface area contributed by atoms with Gasteiger partial charge in [0.1, 0.15) is 11.6 Å². The number of fused-ring (bicyclic) bond motifs is 1. The van der Waals surface area contributed by atoms with Crippen molar-refractivity contribution in [2.45, 2.75) is 0 Å². The zero-order valence-electron chi connectivity index (χ0n) is 18.5. The Morgan fingerprint density at radius 2 is 1.78 bits per heavy atom. The number of pyridine rings is 2. The van der Waals surface area contributed by atoms with Crippen molar-refractivity contribution in [1.29, 1.82) is 0 Å². The second-order valence-electron chi connectivity index (χ2n) is 8.32. The molecule has 4 aromatic rings. The molecule has 0 unspecified atom stereocenters. The number of anilines is 2. The summed E-state index contributed by atoms with van der Waals surface area (Å²) in [5, 5.41) is 5.58. The third-order valence-corrected chi connectivity index (χ3v) is 6.03. The minimum Gasteiger partial charge on any atom is -0.354 e. The number of hydrogen-bond donors (Lipinski definition) is 1. The van der Waals surface area contributed by atoms with Crippen molar-refractivity contribution >= 4 is 28.1 Å². The first-order valence-corrected chi connectivity index (χ1v) is 10.8. The van der Waals surface area contributed by atoms with Crippen LogP contribution < -0.4 is 10.2 Å². The number of aryl methyl sites for hydroxylation is 1. The standard InChI is InChI=1S/C25H27N7/c1-18(19-6-7-27-25(14-19)32-10-8-30(2)9-11-32)29-24-13-22-12-20(4-5-21(22)15-28-24)23-16-26-17-31(23)3/h4-7,12-17H,1,8-11H2,2-3H3,(H,28,29). The Balaban J connectivity index is 1.36. The fourth-order valence-electron chi connectivity index (χ4n) is 4.05. The Morgan fingerprint density at radius 3 is 2.56 bits per heavy atom. The van der Waals surface area contributed by atoms with E-state index in [0.717, 1.165) is 71.1 Å². The molecule has 4 heterocycles. The van der Waals surface area contributed by atoms with Gasteiger partial charge < -0.3 is 19.7 Å². The van der Waals surface area contributed by atoms with Crippen molar-refractivity contribution in [3.05, 3.63) is 73.5 Å². The summed E-state index contributed by atoms with van der Waals surface area (Å²) < 4.78 is 2.02. The summed E-state index contributed by atoms with van der Waals surface area (Å²) in [4.78, 5) is 18.0. The first-order valence-electron chi connectivity index (χ1n) is 10.8. The molecule has 0 amide bonds. The lowest BCUT2D eigenvalue weighted by Crippen LogP contribution is -2.44. The zero-order chi connectivity index (χ0) is 22.1. The van der Waals surface area contributed by atoms with E-state index in [0.29, 0.717) is 0 Å². The number of imidazole rings is 1. The van der Waals surface area contributed by atoms with Gasteiger partial charge in [0.25, 0.3) is 0 Å². The molecule has 1 N–H and O–H groups in total. The van der Waals surface area contributed by atoms with Crippen LogP contribution in [0.25, 0.3) is 27.7 Å². The van der Waals surface area contributed by atoms with Crippen LogP contribution in [0.2, 0.25) is 0 Å². The van der Waals surface area contributed by atoms with Gasteiger partial charge in [0.2, 0.25) is 0 Å². The number of nitrogens with zero attached hydrogens (tertiary/aromatic N) is 6. The fraction of sp³-hybridized carbons (Fsp3) is 0.240. The molecule has 1 aliphatic heterocycles. The Hall–Kier alpha value is -3.71. The van der Waals surface area contributed by atoms with Crippen LogP contribution in [-0.4, -0.2) is 57.6 Å². The average Bonchev–Trinajstić information content (AvgIpc) is 3.25. The van der Waals surface area contributed by atoms with Gasteiger partial charge >= 0.3 is 0 Å². The van der Waals surface area contributed by atoms with E-state index in [2.05, 4.69) is 74.0 Å². The van der Waals surface area contributed by atoms with Crippen LogP contribution in [0.1, 0.15) is 5.56 Å². The summed E-state index contributed by atoms with van der Waals surface area (Å²) >= 11 is 0. The van der Waals surface area contributed by atoms with Gasteiger partial charge in [0.15, 0.2) is 0 Å². The van der Waals surface area contributed by atoms with Gasteiger partial charge in [-0.05, 0) is 36.7 Å². The second kappa shape index (κ2) is 8.43. The molecule has 7 nitrogen and oxygen atoms in total. The van der Waals surface area contributed by atoms with Crippen molar-refractivity contribution in [2.75, 3.05) is 43.4 Å². The van der Waals surface area contributed by atoms with E-state index in [4.69, 9.17) is 0 Å². The van der Waals surface area contributed by atoms with E-state index >= 15 is 0 Å². The van der Waals surface area contributed by atoms with E-state index in [1.54, 1.807) is 0 Å². The topological polar surface area (TPSA) is 62.1 Å². The van der Waals surface area contributed by atoms with Crippen LogP contribution in [0.15, 0.2) is 67.9 Å². The monoisotopic (exact) mass is 425 g/mol. The third-order valence-electron chi connectivity index (χ3n) is 6.03. The van der Waals surface area contributed by atoms with Gasteiger partial charge in [-0.25, -0.2) is 15.0 Å². The lowest BCUT2D eigenvalue weighted by atomic mass is 10.1.